The normalized spacial score (nSPS) is 11.6. The van der Waals surface area contributed by atoms with Gasteiger partial charge >= 0.3 is 0 Å². The average Bonchev–Trinajstić information content (AvgIpc) is 2.66. The molecular weight excluding hydrogens is 310 g/mol. The Morgan fingerprint density at radius 2 is 1.60 bits per heavy atom. The van der Waals surface area contributed by atoms with Crippen LogP contribution in [-0.2, 0) is 6.42 Å². The minimum atomic E-state index is 0.0698. The molecule has 0 aliphatic carbocycles. The molecule has 0 fully saturated rings. The van der Waals surface area contributed by atoms with Gasteiger partial charge in [0.1, 0.15) is 0 Å². The fourth-order valence-corrected chi connectivity index (χ4v) is 2.92. The van der Waals surface area contributed by atoms with Gasteiger partial charge in [0, 0.05) is 17.4 Å². The van der Waals surface area contributed by atoms with Gasteiger partial charge in [-0.25, -0.2) is 4.98 Å². The predicted octanol–water partition coefficient (Wildman–Crippen LogP) is 5.34. The summed E-state index contributed by atoms with van der Waals surface area (Å²) in [5, 5.41) is 20.3. The van der Waals surface area contributed by atoms with Gasteiger partial charge in [-0.05, 0) is 42.3 Å². The molecule has 1 N–H and O–H groups in total. The van der Waals surface area contributed by atoms with Crippen molar-refractivity contribution in [3.63, 3.8) is 0 Å². The van der Waals surface area contributed by atoms with Crippen LogP contribution in [0, 0.1) is 0 Å². The fraction of sp³-hybridized carbons (Fsp3) is 0.0952. The van der Waals surface area contributed by atoms with Crippen LogP contribution in [0.15, 0.2) is 83.0 Å². The maximum absolute atomic E-state index is 9.39. The zero-order chi connectivity index (χ0) is 17.1. The molecule has 25 heavy (non-hydrogen) atoms. The highest BCUT2D eigenvalue weighted by atomic mass is 16.2. The van der Waals surface area contributed by atoms with E-state index in [9.17, 15) is 5.11 Å². The monoisotopic (exact) mass is 327 g/mol. The third-order valence-corrected chi connectivity index (χ3v) is 4.16. The molecule has 0 aliphatic rings. The number of hydrogen-bond acceptors (Lipinski definition) is 4. The van der Waals surface area contributed by atoms with Crippen molar-refractivity contribution < 1.29 is 5.11 Å². The van der Waals surface area contributed by atoms with Crippen LogP contribution < -0.4 is 0 Å². The van der Waals surface area contributed by atoms with Gasteiger partial charge in [-0.3, -0.25) is 0 Å². The Bertz CT molecular complexity index is 1060. The number of aliphatic hydroxyl groups excluding tert-OH is 1. The van der Waals surface area contributed by atoms with E-state index in [1.54, 1.807) is 0 Å². The molecule has 0 radical (unpaired) electrons. The molecule has 0 aliphatic heterocycles. The number of aromatic nitrogens is 1. The van der Waals surface area contributed by atoms with E-state index in [1.807, 2.05) is 66.7 Å². The standard InChI is InChI=1S/C21H17N3O/c25-13-12-15-10-11-20-18(14-16-6-4-5-9-19(16)22-20)21(15)24-23-17-7-2-1-3-8-17/h1-11,14,25H,12-13H2. The number of pyridine rings is 1. The molecule has 0 saturated heterocycles. The molecule has 0 atom stereocenters. The summed E-state index contributed by atoms with van der Waals surface area (Å²) >= 11 is 0. The number of benzene rings is 3. The van der Waals surface area contributed by atoms with Crippen molar-refractivity contribution in [2.75, 3.05) is 6.61 Å². The van der Waals surface area contributed by atoms with E-state index in [0.29, 0.717) is 6.42 Å². The lowest BCUT2D eigenvalue weighted by molar-refractivity contribution is 0.300. The molecule has 1 aromatic heterocycles. The summed E-state index contributed by atoms with van der Waals surface area (Å²) in [5.41, 5.74) is 4.36. The molecule has 122 valence electrons. The summed E-state index contributed by atoms with van der Waals surface area (Å²) in [6.45, 7) is 0.0698. The SMILES string of the molecule is OCCc1ccc2nc3ccccc3cc2c1N=Nc1ccccc1. The summed E-state index contributed by atoms with van der Waals surface area (Å²) in [7, 11) is 0. The Hall–Kier alpha value is -3.11. The van der Waals surface area contributed by atoms with E-state index in [-0.39, 0.29) is 6.61 Å². The lowest BCUT2D eigenvalue weighted by Crippen LogP contribution is -1.93. The molecule has 0 bridgehead atoms. The Labute approximate surface area is 145 Å². The maximum Gasteiger partial charge on any atom is 0.0984 e. The number of nitrogens with zero attached hydrogens (tertiary/aromatic N) is 3. The average molecular weight is 327 g/mol. The molecule has 4 nitrogen and oxygen atoms in total. The van der Waals surface area contributed by atoms with Gasteiger partial charge in [0.2, 0.25) is 0 Å². The van der Waals surface area contributed by atoms with E-state index < -0.39 is 0 Å². The molecule has 4 aromatic rings. The van der Waals surface area contributed by atoms with E-state index in [4.69, 9.17) is 4.98 Å². The third-order valence-electron chi connectivity index (χ3n) is 4.16. The number of aliphatic hydroxyl groups is 1. The zero-order valence-electron chi connectivity index (χ0n) is 13.6. The summed E-state index contributed by atoms with van der Waals surface area (Å²) < 4.78 is 0. The fourth-order valence-electron chi connectivity index (χ4n) is 2.92. The van der Waals surface area contributed by atoms with Gasteiger partial charge in [-0.15, -0.1) is 5.11 Å². The van der Waals surface area contributed by atoms with Crippen molar-refractivity contribution in [1.82, 2.24) is 4.98 Å². The Morgan fingerprint density at radius 3 is 2.44 bits per heavy atom. The molecule has 4 heteroatoms. The highest BCUT2D eigenvalue weighted by Crippen LogP contribution is 2.33. The lowest BCUT2D eigenvalue weighted by atomic mass is 10.0. The minimum absolute atomic E-state index is 0.0698. The quantitative estimate of drug-likeness (QED) is 0.406. The van der Waals surface area contributed by atoms with Crippen LogP contribution in [0.2, 0.25) is 0 Å². The number of para-hydroxylation sites is 1. The summed E-state index contributed by atoms with van der Waals surface area (Å²) in [4.78, 5) is 4.73. The van der Waals surface area contributed by atoms with Gasteiger partial charge < -0.3 is 5.11 Å². The molecule has 0 spiro atoms. The Balaban J connectivity index is 1.92. The van der Waals surface area contributed by atoms with Crippen molar-refractivity contribution in [2.45, 2.75) is 6.42 Å². The van der Waals surface area contributed by atoms with Crippen LogP contribution >= 0.6 is 0 Å². The van der Waals surface area contributed by atoms with E-state index in [1.165, 1.54) is 0 Å². The van der Waals surface area contributed by atoms with Crippen molar-refractivity contribution in [2.24, 2.45) is 10.2 Å². The van der Waals surface area contributed by atoms with Gasteiger partial charge in [0.25, 0.3) is 0 Å². The molecular formula is C21H17N3O. The van der Waals surface area contributed by atoms with Crippen molar-refractivity contribution in [3.8, 4) is 0 Å². The smallest absolute Gasteiger partial charge is 0.0984 e. The zero-order valence-corrected chi connectivity index (χ0v) is 13.6. The first-order chi connectivity index (χ1) is 12.3. The molecule has 0 amide bonds. The number of hydrogen-bond donors (Lipinski definition) is 1. The van der Waals surface area contributed by atoms with Crippen LogP contribution in [0.5, 0.6) is 0 Å². The lowest BCUT2D eigenvalue weighted by Gasteiger charge is -2.09. The number of fused-ring (bicyclic) bond motifs is 2. The molecule has 0 unspecified atom stereocenters. The van der Waals surface area contributed by atoms with Crippen LogP contribution in [0.4, 0.5) is 11.4 Å². The van der Waals surface area contributed by atoms with Gasteiger partial charge in [-0.2, -0.15) is 5.11 Å². The molecule has 4 rings (SSSR count). The molecule has 1 heterocycles. The summed E-state index contributed by atoms with van der Waals surface area (Å²) in [5.74, 6) is 0. The number of rotatable bonds is 4. The van der Waals surface area contributed by atoms with Crippen LogP contribution in [0.1, 0.15) is 5.56 Å². The first-order valence-electron chi connectivity index (χ1n) is 8.24. The molecule has 3 aromatic carbocycles. The van der Waals surface area contributed by atoms with Gasteiger partial charge in [-0.1, -0.05) is 42.5 Å². The Morgan fingerprint density at radius 1 is 0.800 bits per heavy atom. The summed E-state index contributed by atoms with van der Waals surface area (Å²) in [6.07, 6.45) is 0.534. The predicted molar refractivity (Wildman–Crippen MR) is 101 cm³/mol. The van der Waals surface area contributed by atoms with Gasteiger partial charge in [0.15, 0.2) is 0 Å². The topological polar surface area (TPSA) is 57.8 Å². The largest absolute Gasteiger partial charge is 0.396 e. The second-order valence-electron chi connectivity index (χ2n) is 5.83. The third kappa shape index (κ3) is 3.12. The van der Waals surface area contributed by atoms with E-state index in [0.717, 1.165) is 38.7 Å². The van der Waals surface area contributed by atoms with Gasteiger partial charge in [0.05, 0.1) is 22.4 Å². The van der Waals surface area contributed by atoms with Crippen molar-refractivity contribution >= 4 is 33.2 Å². The highest BCUT2D eigenvalue weighted by molar-refractivity contribution is 5.99. The maximum atomic E-state index is 9.39. The molecule has 0 saturated carbocycles. The summed E-state index contributed by atoms with van der Waals surface area (Å²) in [6, 6.07) is 23.7. The first-order valence-corrected chi connectivity index (χ1v) is 8.24. The van der Waals surface area contributed by atoms with Crippen LogP contribution in [-0.4, -0.2) is 16.7 Å². The number of azo groups is 1. The second kappa shape index (κ2) is 6.79. The first kappa shape index (κ1) is 15.4. The van der Waals surface area contributed by atoms with Crippen molar-refractivity contribution in [3.05, 3.63) is 78.4 Å². The van der Waals surface area contributed by atoms with Crippen LogP contribution in [0.3, 0.4) is 0 Å². The highest BCUT2D eigenvalue weighted by Gasteiger charge is 2.10. The van der Waals surface area contributed by atoms with E-state index >= 15 is 0 Å². The second-order valence-corrected chi connectivity index (χ2v) is 5.83. The van der Waals surface area contributed by atoms with Crippen LogP contribution in [0.25, 0.3) is 21.8 Å². The Kier molecular flexibility index (Phi) is 4.19. The minimum Gasteiger partial charge on any atom is -0.396 e. The van der Waals surface area contributed by atoms with Crippen molar-refractivity contribution in [1.29, 1.82) is 0 Å². The van der Waals surface area contributed by atoms with E-state index in [2.05, 4.69) is 16.3 Å².